The van der Waals surface area contributed by atoms with E-state index in [0.717, 1.165) is 0 Å². The molecule has 120 valence electrons. The molecule has 0 aliphatic carbocycles. The van der Waals surface area contributed by atoms with Crippen LogP contribution in [0.3, 0.4) is 0 Å². The van der Waals surface area contributed by atoms with E-state index in [2.05, 4.69) is 0 Å². The van der Waals surface area contributed by atoms with Gasteiger partial charge >= 0.3 is 5.97 Å². The fourth-order valence-corrected chi connectivity index (χ4v) is 2.30. The van der Waals surface area contributed by atoms with Crippen molar-refractivity contribution in [2.75, 3.05) is 21.3 Å². The molecule has 0 fully saturated rings. The van der Waals surface area contributed by atoms with Gasteiger partial charge in [-0.1, -0.05) is 30.3 Å². The van der Waals surface area contributed by atoms with Gasteiger partial charge in [-0.15, -0.1) is 0 Å². The summed E-state index contributed by atoms with van der Waals surface area (Å²) in [5.74, 6) is 0.156. The van der Waals surface area contributed by atoms with Gasteiger partial charge in [0.15, 0.2) is 5.78 Å². The van der Waals surface area contributed by atoms with Gasteiger partial charge in [0.05, 0.1) is 21.3 Å². The maximum atomic E-state index is 12.4. The first kappa shape index (κ1) is 16.5. The van der Waals surface area contributed by atoms with E-state index in [4.69, 9.17) is 14.2 Å². The van der Waals surface area contributed by atoms with Crippen molar-refractivity contribution in [3.05, 3.63) is 59.2 Å². The Kier molecular flexibility index (Phi) is 5.36. The van der Waals surface area contributed by atoms with Crippen molar-refractivity contribution in [1.82, 2.24) is 0 Å². The molecule has 5 nitrogen and oxygen atoms in total. The lowest BCUT2D eigenvalue weighted by Crippen LogP contribution is -2.12. The number of rotatable bonds is 6. The molecule has 0 bridgehead atoms. The van der Waals surface area contributed by atoms with Crippen molar-refractivity contribution in [2.45, 2.75) is 6.42 Å². The highest BCUT2D eigenvalue weighted by Crippen LogP contribution is 2.30. The third-order valence-corrected chi connectivity index (χ3v) is 3.45. The number of carbonyl (C=O) groups is 2. The van der Waals surface area contributed by atoms with E-state index in [0.29, 0.717) is 22.6 Å². The molecular weight excluding hydrogens is 296 g/mol. The van der Waals surface area contributed by atoms with Crippen LogP contribution in [0.5, 0.6) is 11.5 Å². The summed E-state index contributed by atoms with van der Waals surface area (Å²) in [6, 6.07) is 12.1. The molecule has 23 heavy (non-hydrogen) atoms. The van der Waals surface area contributed by atoms with E-state index in [-0.39, 0.29) is 17.8 Å². The Morgan fingerprint density at radius 2 is 1.65 bits per heavy atom. The van der Waals surface area contributed by atoms with Crippen molar-refractivity contribution in [3.63, 3.8) is 0 Å². The van der Waals surface area contributed by atoms with Crippen LogP contribution in [0.4, 0.5) is 0 Å². The summed E-state index contributed by atoms with van der Waals surface area (Å²) in [5, 5.41) is 0. The number of esters is 1. The SMILES string of the molecule is COC(=O)c1c(CC(=O)c2ccccc2)cc(OC)cc1OC. The lowest BCUT2D eigenvalue weighted by atomic mass is 9.97. The number of benzene rings is 2. The van der Waals surface area contributed by atoms with E-state index in [1.807, 2.05) is 6.07 Å². The minimum atomic E-state index is -0.555. The molecule has 0 saturated carbocycles. The minimum Gasteiger partial charge on any atom is -0.497 e. The van der Waals surface area contributed by atoms with Gasteiger partial charge in [-0.2, -0.15) is 0 Å². The first-order valence-corrected chi connectivity index (χ1v) is 7.02. The first-order chi connectivity index (χ1) is 11.1. The maximum Gasteiger partial charge on any atom is 0.341 e. The molecule has 0 spiro atoms. The summed E-state index contributed by atoms with van der Waals surface area (Å²) in [4.78, 5) is 24.5. The molecule has 0 amide bonds. The van der Waals surface area contributed by atoms with Crippen LogP contribution >= 0.6 is 0 Å². The zero-order valence-corrected chi connectivity index (χ0v) is 13.3. The second-order valence-electron chi connectivity index (χ2n) is 4.82. The van der Waals surface area contributed by atoms with E-state index in [1.165, 1.54) is 21.3 Å². The third-order valence-electron chi connectivity index (χ3n) is 3.45. The van der Waals surface area contributed by atoms with Gasteiger partial charge in [-0.05, 0) is 11.6 Å². The summed E-state index contributed by atoms with van der Waals surface area (Å²) < 4.78 is 15.3. The van der Waals surface area contributed by atoms with Crippen LogP contribution in [0.1, 0.15) is 26.3 Å². The van der Waals surface area contributed by atoms with E-state index < -0.39 is 5.97 Å². The molecule has 0 N–H and O–H groups in total. The number of methoxy groups -OCH3 is 3. The summed E-state index contributed by atoms with van der Waals surface area (Å²) >= 11 is 0. The van der Waals surface area contributed by atoms with Crippen molar-refractivity contribution in [3.8, 4) is 11.5 Å². The van der Waals surface area contributed by atoms with E-state index in [1.54, 1.807) is 36.4 Å². The van der Waals surface area contributed by atoms with Gasteiger partial charge in [-0.3, -0.25) is 4.79 Å². The van der Waals surface area contributed by atoms with Gasteiger partial charge in [0.2, 0.25) is 0 Å². The molecular formula is C18H18O5. The Bertz CT molecular complexity index is 707. The molecule has 0 aromatic heterocycles. The van der Waals surface area contributed by atoms with Crippen LogP contribution in [0.25, 0.3) is 0 Å². The van der Waals surface area contributed by atoms with E-state index in [9.17, 15) is 9.59 Å². The fourth-order valence-electron chi connectivity index (χ4n) is 2.30. The second-order valence-corrected chi connectivity index (χ2v) is 4.82. The Labute approximate surface area is 134 Å². The lowest BCUT2D eigenvalue weighted by molar-refractivity contribution is 0.0596. The number of ketones is 1. The van der Waals surface area contributed by atoms with Gasteiger partial charge in [-0.25, -0.2) is 4.79 Å². The molecule has 2 aromatic carbocycles. The molecule has 0 radical (unpaired) electrons. The number of ether oxygens (including phenoxy) is 3. The fraction of sp³-hybridized carbons (Fsp3) is 0.222. The summed E-state index contributed by atoms with van der Waals surface area (Å²) in [6.45, 7) is 0. The van der Waals surface area contributed by atoms with Crippen molar-refractivity contribution in [2.24, 2.45) is 0 Å². The maximum absolute atomic E-state index is 12.4. The Morgan fingerprint density at radius 3 is 2.22 bits per heavy atom. The molecule has 2 aromatic rings. The normalized spacial score (nSPS) is 10.0. The monoisotopic (exact) mass is 314 g/mol. The number of Topliss-reactive ketones (excluding diaryl/α,β-unsaturated/α-hetero) is 1. The number of hydrogen-bond acceptors (Lipinski definition) is 5. The zero-order chi connectivity index (χ0) is 16.8. The summed E-state index contributed by atoms with van der Waals surface area (Å²) in [5.41, 5.74) is 1.31. The summed E-state index contributed by atoms with van der Waals surface area (Å²) in [6.07, 6.45) is 0.0437. The van der Waals surface area contributed by atoms with Crippen molar-refractivity contribution < 1.29 is 23.8 Å². The van der Waals surface area contributed by atoms with Crippen LogP contribution in [-0.2, 0) is 11.2 Å². The second kappa shape index (κ2) is 7.45. The first-order valence-electron chi connectivity index (χ1n) is 7.02. The largest absolute Gasteiger partial charge is 0.497 e. The molecule has 2 rings (SSSR count). The highest BCUT2D eigenvalue weighted by atomic mass is 16.5. The van der Waals surface area contributed by atoms with Crippen LogP contribution in [0, 0.1) is 0 Å². The molecule has 5 heteroatoms. The van der Waals surface area contributed by atoms with Crippen LogP contribution in [0.2, 0.25) is 0 Å². The average Bonchev–Trinajstić information content (AvgIpc) is 2.60. The molecule has 0 aliphatic heterocycles. The molecule has 0 atom stereocenters. The molecule has 0 saturated heterocycles. The topological polar surface area (TPSA) is 61.8 Å². The van der Waals surface area contributed by atoms with Crippen molar-refractivity contribution in [1.29, 1.82) is 0 Å². The number of carbonyl (C=O) groups excluding carboxylic acids is 2. The standard InChI is InChI=1S/C18H18O5/c1-21-14-9-13(10-15(19)12-7-5-4-6-8-12)17(18(20)23-3)16(11-14)22-2/h4-9,11H,10H2,1-3H3. The Balaban J connectivity index is 2.46. The highest BCUT2D eigenvalue weighted by molar-refractivity contribution is 6.01. The average molecular weight is 314 g/mol. The van der Waals surface area contributed by atoms with Gasteiger partial charge in [0.1, 0.15) is 17.1 Å². The smallest absolute Gasteiger partial charge is 0.341 e. The van der Waals surface area contributed by atoms with Gasteiger partial charge in [0.25, 0.3) is 0 Å². The van der Waals surface area contributed by atoms with Gasteiger partial charge in [0, 0.05) is 18.1 Å². The summed E-state index contributed by atoms with van der Waals surface area (Å²) in [7, 11) is 4.24. The Hall–Kier alpha value is -2.82. The zero-order valence-electron chi connectivity index (χ0n) is 13.3. The van der Waals surface area contributed by atoms with E-state index >= 15 is 0 Å². The van der Waals surface area contributed by atoms with Gasteiger partial charge < -0.3 is 14.2 Å². The predicted molar refractivity (Wildman–Crippen MR) is 85.4 cm³/mol. The third kappa shape index (κ3) is 3.69. The highest BCUT2D eigenvalue weighted by Gasteiger charge is 2.22. The predicted octanol–water partition coefficient (Wildman–Crippen LogP) is 2.92. The molecule has 0 unspecified atom stereocenters. The lowest BCUT2D eigenvalue weighted by Gasteiger charge is -2.14. The quantitative estimate of drug-likeness (QED) is 0.606. The number of hydrogen-bond donors (Lipinski definition) is 0. The van der Waals surface area contributed by atoms with Crippen molar-refractivity contribution >= 4 is 11.8 Å². The Morgan fingerprint density at radius 1 is 0.957 bits per heavy atom. The molecule has 0 heterocycles. The minimum absolute atomic E-state index is 0.0437. The van der Waals surface area contributed by atoms with Crippen LogP contribution in [-0.4, -0.2) is 33.1 Å². The molecule has 0 aliphatic rings. The van der Waals surface area contributed by atoms with Crippen LogP contribution in [0.15, 0.2) is 42.5 Å². The van der Waals surface area contributed by atoms with Crippen LogP contribution < -0.4 is 9.47 Å².